The average Bonchev–Trinajstić information content (AvgIpc) is 2.70. The Bertz CT molecular complexity index is 550. The molecule has 0 aromatic carbocycles. The largest absolute Gasteiger partial charge is 0.383 e. The minimum absolute atomic E-state index is 0.254. The van der Waals surface area contributed by atoms with Crippen LogP contribution in [-0.4, -0.2) is 14.5 Å². The number of hydrogen-bond acceptors (Lipinski definition) is 4. The predicted octanol–water partition coefficient (Wildman–Crippen LogP) is 2.43. The number of fused-ring (bicyclic) bond motifs is 1. The van der Waals surface area contributed by atoms with E-state index >= 15 is 0 Å². The molecule has 0 bridgehead atoms. The van der Waals surface area contributed by atoms with E-state index < -0.39 is 0 Å². The maximum atomic E-state index is 8.88. The van der Waals surface area contributed by atoms with Crippen molar-refractivity contribution in [3.05, 3.63) is 18.1 Å². The molecule has 5 nitrogen and oxygen atoms in total. The second-order valence-electron chi connectivity index (χ2n) is 3.48. The monoisotopic (exact) mass is 231 g/mol. The molecule has 5 heteroatoms. The Labute approximate surface area is 101 Å². The van der Waals surface area contributed by atoms with Crippen molar-refractivity contribution in [2.75, 3.05) is 5.73 Å². The first-order valence-electron chi connectivity index (χ1n) is 5.62. The van der Waals surface area contributed by atoms with Crippen LogP contribution in [-0.2, 0) is 0 Å². The molecule has 17 heavy (non-hydrogen) atoms. The Morgan fingerprint density at radius 2 is 2.06 bits per heavy atom. The van der Waals surface area contributed by atoms with Crippen molar-refractivity contribution in [1.29, 1.82) is 5.26 Å². The van der Waals surface area contributed by atoms with Gasteiger partial charge in [0.2, 0.25) is 0 Å². The molecule has 0 saturated carbocycles. The predicted molar refractivity (Wildman–Crippen MR) is 68.3 cm³/mol. The quantitative estimate of drug-likeness (QED) is 0.817. The van der Waals surface area contributed by atoms with Gasteiger partial charge in [-0.3, -0.25) is 0 Å². The smallest absolute Gasteiger partial charge is 0.146 e. The van der Waals surface area contributed by atoms with E-state index in [1.54, 1.807) is 0 Å². The van der Waals surface area contributed by atoms with Gasteiger partial charge in [0.25, 0.3) is 0 Å². The van der Waals surface area contributed by atoms with Crippen LogP contribution in [0.3, 0.4) is 0 Å². The molecule has 0 fully saturated rings. The summed E-state index contributed by atoms with van der Waals surface area (Å²) in [6, 6.07) is 1.91. The molecule has 1 unspecified atom stereocenters. The molecule has 2 rings (SSSR count). The van der Waals surface area contributed by atoms with E-state index in [4.69, 9.17) is 11.0 Å². The van der Waals surface area contributed by atoms with Crippen LogP contribution >= 0.6 is 0 Å². The Morgan fingerprint density at radius 3 is 2.65 bits per heavy atom. The van der Waals surface area contributed by atoms with Crippen molar-refractivity contribution < 1.29 is 0 Å². The van der Waals surface area contributed by atoms with Gasteiger partial charge in [-0.25, -0.2) is 9.97 Å². The van der Waals surface area contributed by atoms with E-state index in [-0.39, 0.29) is 6.04 Å². The van der Waals surface area contributed by atoms with E-state index in [1.807, 2.05) is 38.5 Å². The van der Waals surface area contributed by atoms with Gasteiger partial charge in [-0.05, 0) is 19.4 Å². The summed E-state index contributed by atoms with van der Waals surface area (Å²) in [7, 11) is 0. The molecule has 2 heterocycles. The number of rotatable bonds is 1. The SMILES string of the molecule is CC.Cc1cn(C(C)C#N)c2ncnc(N)c12. The lowest BCUT2D eigenvalue weighted by atomic mass is 10.2. The van der Waals surface area contributed by atoms with Crippen LogP contribution in [0.15, 0.2) is 12.5 Å². The molecule has 0 aliphatic rings. The summed E-state index contributed by atoms with van der Waals surface area (Å²) in [5, 5.41) is 9.71. The van der Waals surface area contributed by atoms with Gasteiger partial charge < -0.3 is 10.3 Å². The van der Waals surface area contributed by atoms with E-state index in [2.05, 4.69) is 16.0 Å². The molecule has 2 aromatic rings. The van der Waals surface area contributed by atoms with Gasteiger partial charge in [-0.15, -0.1) is 0 Å². The molecule has 0 spiro atoms. The minimum Gasteiger partial charge on any atom is -0.383 e. The highest BCUT2D eigenvalue weighted by Gasteiger charge is 2.13. The van der Waals surface area contributed by atoms with Crippen molar-refractivity contribution in [2.24, 2.45) is 0 Å². The van der Waals surface area contributed by atoms with Crippen LogP contribution in [0.4, 0.5) is 5.82 Å². The highest BCUT2D eigenvalue weighted by atomic mass is 15.1. The number of nitrogen functional groups attached to an aromatic ring is 1. The fourth-order valence-electron chi connectivity index (χ4n) is 1.66. The van der Waals surface area contributed by atoms with Gasteiger partial charge >= 0.3 is 0 Å². The van der Waals surface area contributed by atoms with Crippen LogP contribution in [0.2, 0.25) is 0 Å². The van der Waals surface area contributed by atoms with Crippen LogP contribution in [0.5, 0.6) is 0 Å². The zero-order valence-electron chi connectivity index (χ0n) is 10.6. The third-order valence-corrected chi connectivity index (χ3v) is 2.43. The van der Waals surface area contributed by atoms with Gasteiger partial charge in [-0.1, -0.05) is 13.8 Å². The first kappa shape index (κ1) is 13.0. The van der Waals surface area contributed by atoms with Crippen molar-refractivity contribution in [3.63, 3.8) is 0 Å². The van der Waals surface area contributed by atoms with Crippen LogP contribution in [0.1, 0.15) is 32.4 Å². The first-order chi connectivity index (χ1) is 8.15. The molecule has 2 aromatic heterocycles. The summed E-state index contributed by atoms with van der Waals surface area (Å²) < 4.78 is 1.81. The average molecular weight is 231 g/mol. The fourth-order valence-corrected chi connectivity index (χ4v) is 1.66. The van der Waals surface area contributed by atoms with Gasteiger partial charge in [0, 0.05) is 6.20 Å². The molecule has 0 amide bonds. The third-order valence-electron chi connectivity index (χ3n) is 2.43. The Hall–Kier alpha value is -2.09. The highest BCUT2D eigenvalue weighted by Crippen LogP contribution is 2.25. The van der Waals surface area contributed by atoms with Gasteiger partial charge in [0.05, 0.1) is 11.5 Å². The summed E-state index contributed by atoms with van der Waals surface area (Å²) in [6.45, 7) is 7.75. The second-order valence-corrected chi connectivity index (χ2v) is 3.48. The van der Waals surface area contributed by atoms with Gasteiger partial charge in [0.15, 0.2) is 0 Å². The lowest BCUT2D eigenvalue weighted by Gasteiger charge is -2.05. The molecule has 1 atom stereocenters. The minimum atomic E-state index is -0.254. The van der Waals surface area contributed by atoms with Crippen molar-refractivity contribution in [2.45, 2.75) is 33.7 Å². The Morgan fingerprint density at radius 1 is 1.41 bits per heavy atom. The summed E-state index contributed by atoms with van der Waals surface area (Å²) in [4.78, 5) is 8.09. The van der Waals surface area contributed by atoms with E-state index in [0.29, 0.717) is 11.5 Å². The molecule has 0 aliphatic heterocycles. The van der Waals surface area contributed by atoms with Crippen LogP contribution in [0, 0.1) is 18.3 Å². The summed E-state index contributed by atoms with van der Waals surface area (Å²) in [5.41, 5.74) is 7.47. The van der Waals surface area contributed by atoms with Crippen LogP contribution < -0.4 is 5.73 Å². The number of aryl methyl sites for hydroxylation is 1. The number of nitrogens with zero attached hydrogens (tertiary/aromatic N) is 4. The summed E-state index contributed by atoms with van der Waals surface area (Å²) in [5.74, 6) is 0.460. The number of aromatic nitrogens is 3. The van der Waals surface area contributed by atoms with Crippen molar-refractivity contribution >= 4 is 16.9 Å². The normalized spacial score (nSPS) is 11.5. The maximum absolute atomic E-state index is 8.88. The number of nitriles is 1. The first-order valence-corrected chi connectivity index (χ1v) is 5.62. The van der Waals surface area contributed by atoms with Crippen molar-refractivity contribution in [3.8, 4) is 6.07 Å². The van der Waals surface area contributed by atoms with E-state index in [9.17, 15) is 0 Å². The lowest BCUT2D eigenvalue weighted by molar-refractivity contribution is 0.692. The zero-order valence-corrected chi connectivity index (χ0v) is 10.6. The number of anilines is 1. The van der Waals surface area contributed by atoms with Gasteiger partial charge in [-0.2, -0.15) is 5.26 Å². The third kappa shape index (κ3) is 2.21. The number of hydrogen-bond donors (Lipinski definition) is 1. The zero-order chi connectivity index (χ0) is 13.0. The van der Waals surface area contributed by atoms with E-state index in [1.165, 1.54) is 6.33 Å². The summed E-state index contributed by atoms with van der Waals surface area (Å²) in [6.07, 6.45) is 3.29. The molecular weight excluding hydrogens is 214 g/mol. The Balaban J connectivity index is 0.000000686. The van der Waals surface area contributed by atoms with Crippen molar-refractivity contribution in [1.82, 2.24) is 14.5 Å². The molecule has 0 radical (unpaired) electrons. The number of nitrogens with two attached hydrogens (primary N) is 1. The topological polar surface area (TPSA) is 80.5 Å². The fraction of sp³-hybridized carbons (Fsp3) is 0.417. The maximum Gasteiger partial charge on any atom is 0.146 e. The highest BCUT2D eigenvalue weighted by molar-refractivity contribution is 5.89. The molecule has 0 aliphatic carbocycles. The van der Waals surface area contributed by atoms with E-state index in [0.717, 1.165) is 10.9 Å². The van der Waals surface area contributed by atoms with Gasteiger partial charge in [0.1, 0.15) is 23.8 Å². The Kier molecular flexibility index (Phi) is 4.05. The molecule has 2 N–H and O–H groups in total. The standard InChI is InChI=1S/C10H11N5.C2H6/c1-6-4-15(7(2)3-11)10-8(6)9(12)13-5-14-10;1-2/h4-5,7H,1-2H3,(H2,12,13,14);1-2H3. The second kappa shape index (κ2) is 5.30. The summed E-state index contributed by atoms with van der Waals surface area (Å²) >= 11 is 0. The molecule has 0 saturated heterocycles. The molecule has 90 valence electrons. The van der Waals surface area contributed by atoms with Crippen LogP contribution in [0.25, 0.3) is 11.0 Å². The molecular formula is C12H17N5. The lowest BCUT2D eigenvalue weighted by Crippen LogP contribution is -2.02.